The maximum atomic E-state index is 11.0. The van der Waals surface area contributed by atoms with Crippen molar-refractivity contribution in [3.63, 3.8) is 0 Å². The van der Waals surface area contributed by atoms with E-state index in [1.54, 1.807) is 12.3 Å². The summed E-state index contributed by atoms with van der Waals surface area (Å²) in [5, 5.41) is 9.03. The van der Waals surface area contributed by atoms with E-state index in [1.807, 2.05) is 13.8 Å². The van der Waals surface area contributed by atoms with E-state index in [0.717, 1.165) is 0 Å². The Kier molecular flexibility index (Phi) is 2.25. The lowest BCUT2D eigenvalue weighted by atomic mass is 10.2. The molecule has 0 radical (unpaired) electrons. The van der Waals surface area contributed by atoms with E-state index in [-0.39, 0.29) is 11.8 Å². The highest BCUT2D eigenvalue weighted by Crippen LogP contribution is 2.01. The van der Waals surface area contributed by atoms with Crippen LogP contribution in [0.1, 0.15) is 13.8 Å². The van der Waals surface area contributed by atoms with Crippen molar-refractivity contribution in [2.75, 3.05) is 5.32 Å². The first-order chi connectivity index (χ1) is 5.20. The zero-order valence-corrected chi connectivity index (χ0v) is 6.59. The van der Waals surface area contributed by atoms with Gasteiger partial charge in [0.05, 0.1) is 0 Å². The summed E-state index contributed by atoms with van der Waals surface area (Å²) in [6.07, 6.45) is 1.66. The molecular weight excluding hydrogens is 142 g/mol. The molecule has 1 aromatic rings. The van der Waals surface area contributed by atoms with Crippen molar-refractivity contribution in [2.45, 2.75) is 13.8 Å². The lowest BCUT2D eigenvalue weighted by Crippen LogP contribution is -2.17. The molecule has 0 spiro atoms. The van der Waals surface area contributed by atoms with Crippen molar-refractivity contribution in [3.05, 3.63) is 12.3 Å². The number of anilines is 1. The number of rotatable bonds is 2. The third-order valence-corrected chi connectivity index (χ3v) is 1.28. The van der Waals surface area contributed by atoms with Gasteiger partial charge in [0.2, 0.25) is 5.91 Å². The van der Waals surface area contributed by atoms with Crippen LogP contribution in [0.5, 0.6) is 0 Å². The molecule has 2 N–H and O–H groups in total. The van der Waals surface area contributed by atoms with E-state index >= 15 is 0 Å². The van der Waals surface area contributed by atoms with Crippen molar-refractivity contribution in [3.8, 4) is 0 Å². The molecule has 0 atom stereocenters. The predicted molar refractivity (Wildman–Crippen MR) is 42.1 cm³/mol. The van der Waals surface area contributed by atoms with Gasteiger partial charge in [0, 0.05) is 18.2 Å². The SMILES string of the molecule is CC(C)C(=O)Nc1cc[nH]n1. The smallest absolute Gasteiger partial charge is 0.228 e. The molecule has 60 valence electrons. The number of carbonyl (C=O) groups is 1. The number of H-pyrrole nitrogens is 1. The van der Waals surface area contributed by atoms with Crippen LogP contribution >= 0.6 is 0 Å². The molecular formula is C7H11N3O. The quantitative estimate of drug-likeness (QED) is 0.666. The van der Waals surface area contributed by atoms with Gasteiger partial charge in [0.15, 0.2) is 5.82 Å². The summed E-state index contributed by atoms with van der Waals surface area (Å²) in [5.74, 6) is 0.549. The second-order valence-electron chi connectivity index (χ2n) is 2.60. The normalized spacial score (nSPS) is 10.1. The number of hydrogen-bond acceptors (Lipinski definition) is 2. The molecule has 0 fully saturated rings. The third-order valence-electron chi connectivity index (χ3n) is 1.28. The van der Waals surface area contributed by atoms with Gasteiger partial charge in [0.25, 0.3) is 0 Å². The number of aromatic amines is 1. The van der Waals surface area contributed by atoms with Crippen molar-refractivity contribution < 1.29 is 4.79 Å². The number of aromatic nitrogens is 2. The Hall–Kier alpha value is -1.32. The molecule has 4 nitrogen and oxygen atoms in total. The molecule has 0 aliphatic rings. The molecule has 0 saturated heterocycles. The van der Waals surface area contributed by atoms with Crippen LogP contribution in [0.2, 0.25) is 0 Å². The van der Waals surface area contributed by atoms with Gasteiger partial charge in [0.1, 0.15) is 0 Å². The molecule has 1 heterocycles. The zero-order valence-electron chi connectivity index (χ0n) is 6.59. The number of nitrogens with one attached hydrogen (secondary N) is 2. The van der Waals surface area contributed by atoms with Gasteiger partial charge in [-0.25, -0.2) is 0 Å². The Balaban J connectivity index is 2.50. The van der Waals surface area contributed by atoms with Gasteiger partial charge in [-0.15, -0.1) is 0 Å². The van der Waals surface area contributed by atoms with Gasteiger partial charge >= 0.3 is 0 Å². The van der Waals surface area contributed by atoms with Gasteiger partial charge in [-0.2, -0.15) is 5.10 Å². The van der Waals surface area contributed by atoms with E-state index in [2.05, 4.69) is 15.5 Å². The molecule has 0 aliphatic heterocycles. The van der Waals surface area contributed by atoms with Crippen molar-refractivity contribution in [1.29, 1.82) is 0 Å². The minimum absolute atomic E-state index is 0.00769. The molecule has 4 heteroatoms. The third kappa shape index (κ3) is 2.07. The first-order valence-corrected chi connectivity index (χ1v) is 3.51. The number of hydrogen-bond donors (Lipinski definition) is 2. The number of nitrogens with zero attached hydrogens (tertiary/aromatic N) is 1. The highest BCUT2D eigenvalue weighted by molar-refractivity contribution is 5.90. The van der Waals surface area contributed by atoms with Crippen LogP contribution < -0.4 is 5.32 Å². The second kappa shape index (κ2) is 3.18. The molecule has 11 heavy (non-hydrogen) atoms. The minimum atomic E-state index is -0.0166. The maximum absolute atomic E-state index is 11.0. The molecule has 0 aliphatic carbocycles. The minimum Gasteiger partial charge on any atom is -0.309 e. The fourth-order valence-corrected chi connectivity index (χ4v) is 0.600. The highest BCUT2D eigenvalue weighted by atomic mass is 16.1. The Morgan fingerprint density at radius 1 is 1.73 bits per heavy atom. The fraction of sp³-hybridized carbons (Fsp3) is 0.429. The van der Waals surface area contributed by atoms with Crippen molar-refractivity contribution >= 4 is 11.7 Å². The lowest BCUT2D eigenvalue weighted by molar-refractivity contribution is -0.118. The summed E-state index contributed by atoms with van der Waals surface area (Å²) in [7, 11) is 0. The molecule has 0 bridgehead atoms. The van der Waals surface area contributed by atoms with Crippen LogP contribution in [-0.4, -0.2) is 16.1 Å². The van der Waals surface area contributed by atoms with Crippen molar-refractivity contribution in [1.82, 2.24) is 10.2 Å². The maximum Gasteiger partial charge on any atom is 0.228 e. The van der Waals surface area contributed by atoms with E-state index in [4.69, 9.17) is 0 Å². The van der Waals surface area contributed by atoms with Gasteiger partial charge in [-0.05, 0) is 0 Å². The molecule has 1 aromatic heterocycles. The molecule has 1 amide bonds. The second-order valence-corrected chi connectivity index (χ2v) is 2.60. The zero-order chi connectivity index (χ0) is 8.27. The van der Waals surface area contributed by atoms with Gasteiger partial charge in [-0.1, -0.05) is 13.8 Å². The Morgan fingerprint density at radius 3 is 2.91 bits per heavy atom. The Morgan fingerprint density at radius 2 is 2.45 bits per heavy atom. The van der Waals surface area contributed by atoms with Crippen LogP contribution in [0.15, 0.2) is 12.3 Å². The van der Waals surface area contributed by atoms with Crippen LogP contribution in [-0.2, 0) is 4.79 Å². The molecule has 0 aromatic carbocycles. The average Bonchev–Trinajstić information content (AvgIpc) is 2.39. The standard InChI is InChI=1S/C7H11N3O/c1-5(2)7(11)9-6-3-4-8-10-6/h3-5H,1-2H3,(H2,8,9,10,11). The summed E-state index contributed by atoms with van der Waals surface area (Å²) in [6.45, 7) is 3.67. The van der Waals surface area contributed by atoms with Gasteiger partial charge < -0.3 is 5.32 Å². The summed E-state index contributed by atoms with van der Waals surface area (Å²) in [5.41, 5.74) is 0. The lowest BCUT2D eigenvalue weighted by Gasteiger charge is -2.02. The van der Waals surface area contributed by atoms with Crippen molar-refractivity contribution in [2.24, 2.45) is 5.92 Å². The first-order valence-electron chi connectivity index (χ1n) is 3.51. The van der Waals surface area contributed by atoms with E-state index < -0.39 is 0 Å². The topological polar surface area (TPSA) is 57.8 Å². The number of carbonyl (C=O) groups excluding carboxylic acids is 1. The average molecular weight is 153 g/mol. The van der Waals surface area contributed by atoms with Crippen LogP contribution in [0.25, 0.3) is 0 Å². The van der Waals surface area contributed by atoms with E-state index in [9.17, 15) is 4.79 Å². The summed E-state index contributed by atoms with van der Waals surface area (Å²) in [4.78, 5) is 11.0. The first kappa shape index (κ1) is 7.78. The fourth-order valence-electron chi connectivity index (χ4n) is 0.600. The van der Waals surface area contributed by atoms with Crippen LogP contribution in [0.3, 0.4) is 0 Å². The Bertz CT molecular complexity index is 228. The van der Waals surface area contributed by atoms with E-state index in [1.165, 1.54) is 0 Å². The molecule has 0 saturated carbocycles. The number of amides is 1. The highest BCUT2D eigenvalue weighted by Gasteiger charge is 2.06. The van der Waals surface area contributed by atoms with Crippen LogP contribution in [0.4, 0.5) is 5.82 Å². The summed E-state index contributed by atoms with van der Waals surface area (Å²) < 4.78 is 0. The summed E-state index contributed by atoms with van der Waals surface area (Å²) >= 11 is 0. The van der Waals surface area contributed by atoms with E-state index in [0.29, 0.717) is 5.82 Å². The molecule has 1 rings (SSSR count). The molecule has 0 unspecified atom stereocenters. The monoisotopic (exact) mass is 153 g/mol. The van der Waals surface area contributed by atoms with Crippen LogP contribution in [0, 0.1) is 5.92 Å². The Labute approximate surface area is 65.0 Å². The summed E-state index contributed by atoms with van der Waals surface area (Å²) in [6, 6.07) is 1.71. The van der Waals surface area contributed by atoms with Gasteiger partial charge in [-0.3, -0.25) is 9.89 Å². The largest absolute Gasteiger partial charge is 0.309 e. The predicted octanol–water partition coefficient (Wildman–Crippen LogP) is 1.00.